The number of primary amides is 1. The molecule has 2 aliphatic rings. The van der Waals surface area contributed by atoms with Crippen molar-refractivity contribution in [3.63, 3.8) is 0 Å². The smallest absolute Gasteiger partial charge is 0.248 e. The minimum Gasteiger partial charge on any atom is -0.366 e. The number of hydrogen-bond acceptors (Lipinski definition) is 2. The average molecular weight is 196 g/mol. The number of fused-ring (bicyclic) bond motifs is 2. The minimum absolute atomic E-state index is 0.410. The summed E-state index contributed by atoms with van der Waals surface area (Å²) < 4.78 is 0. The lowest BCUT2D eigenvalue weighted by Crippen LogP contribution is -2.18. The van der Waals surface area contributed by atoms with E-state index in [1.54, 1.807) is 12.2 Å². The van der Waals surface area contributed by atoms with E-state index in [9.17, 15) is 4.79 Å². The largest absolute Gasteiger partial charge is 0.366 e. The Balaban J connectivity index is 2.27. The molecule has 2 aliphatic carbocycles. The fourth-order valence-corrected chi connectivity index (χ4v) is 1.81. The molecule has 0 saturated carbocycles. The van der Waals surface area contributed by atoms with Gasteiger partial charge < -0.3 is 5.73 Å². The summed E-state index contributed by atoms with van der Waals surface area (Å²) in [5.74, 6) is -0.410. The van der Waals surface area contributed by atoms with Gasteiger partial charge in [0.05, 0.1) is 11.0 Å². The number of carbonyl (C=O) groups is 1. The molecule has 0 spiro atoms. The lowest BCUT2D eigenvalue weighted by atomic mass is 10.2. The molecule has 3 rings (SSSR count). The second-order valence-electron chi connectivity index (χ2n) is 3.57. The van der Waals surface area contributed by atoms with Crippen molar-refractivity contribution < 1.29 is 4.79 Å². The summed E-state index contributed by atoms with van der Waals surface area (Å²) in [5.41, 5.74) is 7.64. The maximum Gasteiger partial charge on any atom is 0.248 e. The number of carbonyl (C=O) groups excluding carboxylic acids is 1. The fraction of sp³-hybridized carbons (Fsp3) is 0. The summed E-state index contributed by atoms with van der Waals surface area (Å²) in [6.07, 6.45) is 9.41. The number of aromatic nitrogens is 1. The van der Waals surface area contributed by atoms with E-state index in [0.717, 1.165) is 21.8 Å². The summed E-state index contributed by atoms with van der Waals surface area (Å²) in [6.45, 7) is 0. The van der Waals surface area contributed by atoms with Gasteiger partial charge in [0.2, 0.25) is 5.91 Å². The molecule has 0 aromatic carbocycles. The molecular weight excluding hydrogens is 188 g/mol. The van der Waals surface area contributed by atoms with Crippen LogP contribution in [0.5, 0.6) is 0 Å². The molecule has 0 saturated heterocycles. The third kappa shape index (κ3) is 1.13. The first-order valence-electron chi connectivity index (χ1n) is 4.67. The van der Waals surface area contributed by atoms with Crippen LogP contribution in [0.25, 0.3) is 24.3 Å². The number of nitrogens with zero attached hydrogens (tertiary/aromatic N) is 1. The Morgan fingerprint density at radius 1 is 1.33 bits per heavy atom. The number of nitrogens with two attached hydrogens (primary N) is 1. The Morgan fingerprint density at radius 2 is 2.20 bits per heavy atom. The highest BCUT2D eigenvalue weighted by molar-refractivity contribution is 6.06. The van der Waals surface area contributed by atoms with Crippen molar-refractivity contribution in [3.05, 3.63) is 39.5 Å². The molecule has 1 heterocycles. The molecule has 1 aromatic heterocycles. The zero-order valence-electron chi connectivity index (χ0n) is 7.90. The Bertz CT molecular complexity index is 651. The first kappa shape index (κ1) is 8.17. The minimum atomic E-state index is -0.410. The highest BCUT2D eigenvalue weighted by Crippen LogP contribution is 2.09. The molecular formula is C12H8N2O. The molecule has 0 radical (unpaired) electrons. The predicted molar refractivity (Wildman–Crippen MR) is 58.6 cm³/mol. The van der Waals surface area contributed by atoms with Gasteiger partial charge in [0.15, 0.2) is 0 Å². The second-order valence-corrected chi connectivity index (χ2v) is 3.57. The van der Waals surface area contributed by atoms with Crippen molar-refractivity contribution in [2.45, 2.75) is 0 Å². The van der Waals surface area contributed by atoms with Gasteiger partial charge in [-0.3, -0.25) is 4.79 Å². The third-order valence-electron chi connectivity index (χ3n) is 2.56. The average Bonchev–Trinajstić information content (AvgIpc) is 2.77. The summed E-state index contributed by atoms with van der Waals surface area (Å²) in [6, 6.07) is 2.02. The first-order valence-corrected chi connectivity index (χ1v) is 4.67. The van der Waals surface area contributed by atoms with E-state index in [2.05, 4.69) is 4.98 Å². The molecule has 3 nitrogen and oxygen atoms in total. The molecule has 1 aromatic rings. The van der Waals surface area contributed by atoms with Gasteiger partial charge in [0.1, 0.15) is 0 Å². The highest BCUT2D eigenvalue weighted by Gasteiger charge is 2.11. The monoisotopic (exact) mass is 196 g/mol. The van der Waals surface area contributed by atoms with Crippen LogP contribution in [0.1, 0.15) is 11.3 Å². The van der Waals surface area contributed by atoms with Crippen molar-refractivity contribution in [1.82, 2.24) is 4.98 Å². The number of hydrogen-bond donors (Lipinski definition) is 1. The normalized spacial score (nSPS) is 15.1. The van der Waals surface area contributed by atoms with Crippen molar-refractivity contribution in [3.8, 4) is 0 Å². The van der Waals surface area contributed by atoms with E-state index >= 15 is 0 Å². The highest BCUT2D eigenvalue weighted by atomic mass is 16.1. The van der Waals surface area contributed by atoms with Crippen LogP contribution in [0.4, 0.5) is 0 Å². The van der Waals surface area contributed by atoms with Gasteiger partial charge in [0, 0.05) is 16.4 Å². The summed E-state index contributed by atoms with van der Waals surface area (Å²) in [5, 5.41) is 1.91. The summed E-state index contributed by atoms with van der Waals surface area (Å²) in [7, 11) is 0. The molecule has 0 unspecified atom stereocenters. The molecule has 2 N–H and O–H groups in total. The van der Waals surface area contributed by atoms with E-state index in [-0.39, 0.29) is 0 Å². The van der Waals surface area contributed by atoms with E-state index < -0.39 is 5.91 Å². The van der Waals surface area contributed by atoms with Crippen molar-refractivity contribution in [2.24, 2.45) is 5.73 Å². The van der Waals surface area contributed by atoms with Gasteiger partial charge in [0.25, 0.3) is 0 Å². The maximum atomic E-state index is 11.0. The van der Waals surface area contributed by atoms with E-state index in [1.165, 1.54) is 0 Å². The van der Waals surface area contributed by atoms with E-state index in [4.69, 9.17) is 5.73 Å². The zero-order valence-corrected chi connectivity index (χ0v) is 7.90. The molecule has 0 fully saturated rings. The van der Waals surface area contributed by atoms with Crippen LogP contribution < -0.4 is 16.3 Å². The molecule has 1 amide bonds. The Kier molecular flexibility index (Phi) is 1.45. The Labute approximate surface area is 85.9 Å². The lowest BCUT2D eigenvalue weighted by Gasteiger charge is -1.93. The topological polar surface area (TPSA) is 56.0 Å². The molecule has 0 aliphatic heterocycles. The zero-order chi connectivity index (χ0) is 10.4. The molecule has 3 heteroatoms. The van der Waals surface area contributed by atoms with Crippen molar-refractivity contribution >= 4 is 30.2 Å². The van der Waals surface area contributed by atoms with E-state index in [1.807, 2.05) is 24.3 Å². The van der Waals surface area contributed by atoms with E-state index in [0.29, 0.717) is 5.57 Å². The van der Waals surface area contributed by atoms with Crippen LogP contribution >= 0.6 is 0 Å². The van der Waals surface area contributed by atoms with Gasteiger partial charge in [-0.25, -0.2) is 4.98 Å². The van der Waals surface area contributed by atoms with Crippen LogP contribution in [0, 0.1) is 0 Å². The lowest BCUT2D eigenvalue weighted by molar-refractivity contribution is -0.114. The Morgan fingerprint density at radius 3 is 3.00 bits per heavy atom. The number of amides is 1. The standard InChI is InChI=1S/C12H8N2O/c13-12(15)9-5-8-4-7-2-1-3-10(7)14-11(8)6-9/h1-6H,(H2,13,15). The van der Waals surface area contributed by atoms with Gasteiger partial charge in [-0.1, -0.05) is 12.2 Å². The van der Waals surface area contributed by atoms with Gasteiger partial charge in [-0.05, 0) is 24.3 Å². The van der Waals surface area contributed by atoms with Gasteiger partial charge in [-0.15, -0.1) is 0 Å². The SMILES string of the molecule is NC(=O)C1=Cc2nc3c(cc2=C1)C=CC=3. The fourth-order valence-electron chi connectivity index (χ4n) is 1.81. The van der Waals surface area contributed by atoms with Gasteiger partial charge in [-0.2, -0.15) is 0 Å². The maximum absolute atomic E-state index is 11.0. The number of pyridine rings is 1. The van der Waals surface area contributed by atoms with Crippen LogP contribution in [0.15, 0.2) is 17.7 Å². The number of rotatable bonds is 1. The molecule has 15 heavy (non-hydrogen) atoms. The van der Waals surface area contributed by atoms with Crippen LogP contribution in [0.2, 0.25) is 0 Å². The predicted octanol–water partition coefficient (Wildman–Crippen LogP) is -0.448. The molecule has 0 atom stereocenters. The molecule has 72 valence electrons. The van der Waals surface area contributed by atoms with Crippen LogP contribution in [-0.2, 0) is 4.79 Å². The Hall–Kier alpha value is -2.16. The first-order chi connectivity index (χ1) is 7.24. The summed E-state index contributed by atoms with van der Waals surface area (Å²) in [4.78, 5) is 15.4. The summed E-state index contributed by atoms with van der Waals surface area (Å²) >= 11 is 0. The molecule has 0 bridgehead atoms. The second kappa shape index (κ2) is 2.67. The van der Waals surface area contributed by atoms with Crippen LogP contribution in [0.3, 0.4) is 0 Å². The van der Waals surface area contributed by atoms with Gasteiger partial charge >= 0.3 is 0 Å². The quantitative estimate of drug-likeness (QED) is 0.661. The number of allylic oxidation sites excluding steroid dienone is 1. The third-order valence-corrected chi connectivity index (χ3v) is 2.56. The van der Waals surface area contributed by atoms with Crippen LogP contribution in [-0.4, -0.2) is 10.9 Å². The van der Waals surface area contributed by atoms with Crippen molar-refractivity contribution in [2.75, 3.05) is 0 Å². The van der Waals surface area contributed by atoms with Crippen molar-refractivity contribution in [1.29, 1.82) is 0 Å².